The summed E-state index contributed by atoms with van der Waals surface area (Å²) in [5.41, 5.74) is 2.17. The van der Waals surface area contributed by atoms with Crippen LogP contribution in [0.25, 0.3) is 15.9 Å². The summed E-state index contributed by atoms with van der Waals surface area (Å²) in [6, 6.07) is 10.7. The molecule has 98 valence electrons. The molecular formula is C14H9N3O2S. The first-order chi connectivity index (χ1) is 9.60. The second-order valence-electron chi connectivity index (χ2n) is 4.29. The minimum atomic E-state index is -0.933. The number of carbonyl (C=O) groups is 1. The molecule has 3 aromatic rings. The summed E-state index contributed by atoms with van der Waals surface area (Å²) in [6.07, 6.45) is 0. The molecule has 2 heterocycles. The van der Waals surface area contributed by atoms with Crippen molar-refractivity contribution in [2.45, 2.75) is 6.92 Å². The Labute approximate surface area is 118 Å². The van der Waals surface area contributed by atoms with Crippen LogP contribution in [0.5, 0.6) is 0 Å². The third kappa shape index (κ3) is 1.85. The van der Waals surface area contributed by atoms with Crippen LogP contribution in [-0.2, 0) is 0 Å². The predicted octanol–water partition coefficient (Wildman–Crippen LogP) is 2.97. The molecule has 1 N–H and O–H groups in total. The molecule has 6 heteroatoms. The molecule has 3 rings (SSSR count). The zero-order valence-electron chi connectivity index (χ0n) is 10.5. The highest BCUT2D eigenvalue weighted by Gasteiger charge is 2.16. The lowest BCUT2D eigenvalue weighted by molar-refractivity contribution is 0.0702. The molecule has 0 aliphatic carbocycles. The average molecular weight is 283 g/mol. The van der Waals surface area contributed by atoms with E-state index in [1.165, 1.54) is 11.3 Å². The van der Waals surface area contributed by atoms with Crippen molar-refractivity contribution in [1.82, 2.24) is 9.78 Å². The van der Waals surface area contributed by atoms with Crippen LogP contribution in [0.1, 0.15) is 20.9 Å². The second-order valence-corrected chi connectivity index (χ2v) is 5.32. The molecule has 20 heavy (non-hydrogen) atoms. The summed E-state index contributed by atoms with van der Waals surface area (Å²) in [4.78, 5) is 12.1. The molecule has 0 radical (unpaired) electrons. The molecule has 0 spiro atoms. The molecule has 0 fully saturated rings. The van der Waals surface area contributed by atoms with Gasteiger partial charge in [0.15, 0.2) is 0 Å². The van der Waals surface area contributed by atoms with E-state index in [0.717, 1.165) is 21.6 Å². The number of nitriles is 1. The van der Waals surface area contributed by atoms with Crippen molar-refractivity contribution in [3.8, 4) is 11.8 Å². The van der Waals surface area contributed by atoms with Crippen LogP contribution in [0.3, 0.4) is 0 Å². The van der Waals surface area contributed by atoms with Gasteiger partial charge in [-0.3, -0.25) is 0 Å². The second kappa shape index (κ2) is 4.47. The highest BCUT2D eigenvalue weighted by atomic mass is 32.1. The maximum absolute atomic E-state index is 11.1. The molecule has 1 aromatic carbocycles. The van der Waals surface area contributed by atoms with Crippen LogP contribution in [0.4, 0.5) is 0 Å². The van der Waals surface area contributed by atoms with Gasteiger partial charge in [-0.2, -0.15) is 10.4 Å². The van der Waals surface area contributed by atoms with Crippen LogP contribution in [0.15, 0.2) is 30.3 Å². The van der Waals surface area contributed by atoms with Gasteiger partial charge in [0.25, 0.3) is 0 Å². The van der Waals surface area contributed by atoms with Gasteiger partial charge in [0.2, 0.25) is 0 Å². The first-order valence-corrected chi connectivity index (χ1v) is 6.65. The number of benzene rings is 1. The molecule has 0 unspecified atom stereocenters. The SMILES string of the molecule is Cc1nn(-c2ccc(C#N)cc2)c2sc(C(=O)O)cc12. The fraction of sp³-hybridized carbons (Fsp3) is 0.0714. The maximum Gasteiger partial charge on any atom is 0.345 e. The van der Waals surface area contributed by atoms with Gasteiger partial charge in [-0.1, -0.05) is 0 Å². The number of hydrogen-bond donors (Lipinski definition) is 1. The Balaban J connectivity index is 2.20. The van der Waals surface area contributed by atoms with E-state index in [9.17, 15) is 4.79 Å². The van der Waals surface area contributed by atoms with Crippen molar-refractivity contribution in [3.63, 3.8) is 0 Å². The van der Waals surface area contributed by atoms with Gasteiger partial charge in [-0.05, 0) is 37.3 Å². The number of hydrogen-bond acceptors (Lipinski definition) is 4. The molecule has 0 amide bonds. The fourth-order valence-electron chi connectivity index (χ4n) is 2.00. The topological polar surface area (TPSA) is 78.9 Å². The van der Waals surface area contributed by atoms with Crippen molar-refractivity contribution in [1.29, 1.82) is 5.26 Å². The third-order valence-corrected chi connectivity index (χ3v) is 4.09. The summed E-state index contributed by atoms with van der Waals surface area (Å²) >= 11 is 1.19. The summed E-state index contributed by atoms with van der Waals surface area (Å²) in [7, 11) is 0. The van der Waals surface area contributed by atoms with Crippen LogP contribution < -0.4 is 0 Å². The van der Waals surface area contributed by atoms with Gasteiger partial charge in [-0.25, -0.2) is 9.48 Å². The Bertz CT molecular complexity index is 853. The van der Waals surface area contributed by atoms with Gasteiger partial charge in [0, 0.05) is 5.39 Å². The zero-order valence-corrected chi connectivity index (χ0v) is 11.3. The van der Waals surface area contributed by atoms with E-state index >= 15 is 0 Å². The molecule has 0 saturated heterocycles. The number of aromatic nitrogens is 2. The molecule has 0 atom stereocenters. The Morgan fingerprint density at radius 1 is 1.40 bits per heavy atom. The smallest absolute Gasteiger partial charge is 0.345 e. The van der Waals surface area contributed by atoms with E-state index in [4.69, 9.17) is 10.4 Å². The van der Waals surface area contributed by atoms with Crippen molar-refractivity contribution >= 4 is 27.5 Å². The number of nitrogens with zero attached hydrogens (tertiary/aromatic N) is 3. The number of aromatic carboxylic acids is 1. The van der Waals surface area contributed by atoms with Crippen LogP contribution in [0, 0.1) is 18.3 Å². The lowest BCUT2D eigenvalue weighted by atomic mass is 10.2. The van der Waals surface area contributed by atoms with E-state index < -0.39 is 5.97 Å². The lowest BCUT2D eigenvalue weighted by Gasteiger charge is -2.01. The largest absolute Gasteiger partial charge is 0.477 e. The van der Waals surface area contributed by atoms with E-state index in [1.807, 2.05) is 6.92 Å². The van der Waals surface area contributed by atoms with Crippen molar-refractivity contribution in [2.75, 3.05) is 0 Å². The quantitative estimate of drug-likeness (QED) is 0.784. The molecule has 0 bridgehead atoms. The van der Waals surface area contributed by atoms with Crippen molar-refractivity contribution in [3.05, 3.63) is 46.5 Å². The van der Waals surface area contributed by atoms with Gasteiger partial charge >= 0.3 is 5.97 Å². The van der Waals surface area contributed by atoms with Crippen molar-refractivity contribution < 1.29 is 9.90 Å². The summed E-state index contributed by atoms with van der Waals surface area (Å²) < 4.78 is 1.71. The Kier molecular flexibility index (Phi) is 2.77. The average Bonchev–Trinajstić information content (AvgIpc) is 3.00. The predicted molar refractivity (Wildman–Crippen MR) is 75.4 cm³/mol. The van der Waals surface area contributed by atoms with Crippen LogP contribution in [0.2, 0.25) is 0 Å². The standard InChI is InChI=1S/C14H9N3O2S/c1-8-11-6-12(14(18)19)20-13(11)17(16-8)10-4-2-9(7-15)3-5-10/h2-6H,1H3,(H,18,19). The van der Waals surface area contributed by atoms with Gasteiger partial charge < -0.3 is 5.11 Å². The minimum absolute atomic E-state index is 0.294. The summed E-state index contributed by atoms with van der Waals surface area (Å²) in [5, 5.41) is 23.1. The third-order valence-electron chi connectivity index (χ3n) is 3.00. The molecule has 2 aromatic heterocycles. The van der Waals surface area contributed by atoms with Gasteiger partial charge in [-0.15, -0.1) is 11.3 Å². The van der Waals surface area contributed by atoms with E-state index in [-0.39, 0.29) is 0 Å². The van der Waals surface area contributed by atoms with Gasteiger partial charge in [0.05, 0.1) is 23.0 Å². The van der Waals surface area contributed by atoms with Crippen molar-refractivity contribution in [2.24, 2.45) is 0 Å². The van der Waals surface area contributed by atoms with E-state index in [0.29, 0.717) is 10.4 Å². The number of carboxylic acids is 1. The number of rotatable bonds is 2. The highest BCUT2D eigenvalue weighted by molar-refractivity contribution is 7.20. The maximum atomic E-state index is 11.1. The molecular weight excluding hydrogens is 274 g/mol. The summed E-state index contributed by atoms with van der Waals surface area (Å²) in [6.45, 7) is 1.85. The number of fused-ring (bicyclic) bond motifs is 1. The number of carboxylic acid groups (broad SMARTS) is 1. The summed E-state index contributed by atoms with van der Waals surface area (Å²) in [5.74, 6) is -0.933. The first kappa shape index (κ1) is 12.4. The molecule has 5 nitrogen and oxygen atoms in total. The molecule has 0 aliphatic heterocycles. The monoisotopic (exact) mass is 283 g/mol. The Morgan fingerprint density at radius 2 is 2.10 bits per heavy atom. The lowest BCUT2D eigenvalue weighted by Crippen LogP contribution is -1.96. The highest BCUT2D eigenvalue weighted by Crippen LogP contribution is 2.30. The zero-order chi connectivity index (χ0) is 14.3. The minimum Gasteiger partial charge on any atom is -0.477 e. The Morgan fingerprint density at radius 3 is 2.70 bits per heavy atom. The van der Waals surface area contributed by atoms with E-state index in [1.54, 1.807) is 35.0 Å². The molecule has 0 saturated carbocycles. The van der Waals surface area contributed by atoms with Gasteiger partial charge in [0.1, 0.15) is 9.71 Å². The first-order valence-electron chi connectivity index (χ1n) is 5.83. The normalized spacial score (nSPS) is 10.6. The number of thiophene rings is 1. The van der Waals surface area contributed by atoms with Crippen LogP contribution in [-0.4, -0.2) is 20.9 Å². The van der Waals surface area contributed by atoms with E-state index in [2.05, 4.69) is 11.2 Å². The van der Waals surface area contributed by atoms with Crippen LogP contribution >= 0.6 is 11.3 Å². The number of aryl methyl sites for hydroxylation is 1. The fourth-order valence-corrected chi connectivity index (χ4v) is 3.03. The Hall–Kier alpha value is -2.65. The molecule has 0 aliphatic rings.